The van der Waals surface area contributed by atoms with Crippen molar-refractivity contribution in [2.24, 2.45) is 0 Å². The molecule has 5 heteroatoms. The van der Waals surface area contributed by atoms with Crippen LogP contribution in [0.1, 0.15) is 27.0 Å². The maximum Gasteiger partial charge on any atom is 0.197 e. The van der Waals surface area contributed by atoms with Crippen molar-refractivity contribution < 1.29 is 24.1 Å². The first-order chi connectivity index (χ1) is 10.6. The zero-order valence-corrected chi connectivity index (χ0v) is 12.6. The first kappa shape index (κ1) is 14.3. The predicted molar refractivity (Wildman–Crippen MR) is 80.4 cm³/mol. The van der Waals surface area contributed by atoms with Crippen LogP contribution in [0.25, 0.3) is 0 Å². The zero-order chi connectivity index (χ0) is 15.9. The quantitative estimate of drug-likeness (QED) is 0.805. The zero-order valence-electron chi connectivity index (χ0n) is 12.6. The van der Waals surface area contributed by atoms with E-state index in [1.165, 1.54) is 20.3 Å². The molecule has 0 atom stereocenters. The van der Waals surface area contributed by atoms with Crippen molar-refractivity contribution in [3.63, 3.8) is 0 Å². The molecule has 5 nitrogen and oxygen atoms in total. The van der Waals surface area contributed by atoms with E-state index in [2.05, 4.69) is 0 Å². The summed E-state index contributed by atoms with van der Waals surface area (Å²) < 4.78 is 15.7. The van der Waals surface area contributed by atoms with E-state index in [1.807, 2.05) is 0 Å². The molecule has 0 amide bonds. The van der Waals surface area contributed by atoms with Crippen LogP contribution in [0.5, 0.6) is 23.0 Å². The molecule has 0 heterocycles. The molecule has 0 unspecified atom stereocenters. The number of rotatable bonds is 3. The molecule has 0 fully saturated rings. The van der Waals surface area contributed by atoms with Crippen LogP contribution in [0.3, 0.4) is 0 Å². The Kier molecular flexibility index (Phi) is 3.41. The van der Waals surface area contributed by atoms with Gasteiger partial charge in [0.15, 0.2) is 17.3 Å². The Morgan fingerprint density at radius 2 is 1.59 bits per heavy atom. The summed E-state index contributed by atoms with van der Waals surface area (Å²) in [4.78, 5) is 12.7. The van der Waals surface area contributed by atoms with E-state index in [-0.39, 0.29) is 11.5 Å². The number of ether oxygens (including phenoxy) is 3. The van der Waals surface area contributed by atoms with E-state index in [1.54, 1.807) is 25.3 Å². The van der Waals surface area contributed by atoms with Gasteiger partial charge in [-0.1, -0.05) is 0 Å². The van der Waals surface area contributed by atoms with E-state index in [0.717, 1.165) is 11.1 Å². The van der Waals surface area contributed by atoms with Gasteiger partial charge in [-0.25, -0.2) is 0 Å². The summed E-state index contributed by atoms with van der Waals surface area (Å²) in [5.41, 5.74) is 2.41. The van der Waals surface area contributed by atoms with E-state index in [9.17, 15) is 9.90 Å². The van der Waals surface area contributed by atoms with Gasteiger partial charge in [-0.15, -0.1) is 0 Å². The number of methoxy groups -OCH3 is 3. The number of hydrogen-bond donors (Lipinski definition) is 1. The van der Waals surface area contributed by atoms with Crippen LogP contribution in [0.4, 0.5) is 0 Å². The molecule has 1 aliphatic rings. The SMILES string of the molecule is COc1cc(O)c2c(c1)Cc1cc(OC)c(OC)cc1C2=O. The maximum atomic E-state index is 12.7. The van der Waals surface area contributed by atoms with Gasteiger partial charge in [-0.05, 0) is 35.7 Å². The second-order valence-corrected chi connectivity index (χ2v) is 5.05. The van der Waals surface area contributed by atoms with Gasteiger partial charge in [-0.2, -0.15) is 0 Å². The standard InChI is InChI=1S/C17H16O5/c1-20-11-5-10-4-9-6-14(21-2)15(22-3)8-12(9)17(19)16(10)13(18)7-11/h5-8,18H,4H2,1-3H3. The first-order valence-electron chi connectivity index (χ1n) is 6.78. The maximum absolute atomic E-state index is 12.7. The van der Waals surface area contributed by atoms with Crippen LogP contribution in [-0.2, 0) is 6.42 Å². The minimum atomic E-state index is -0.225. The summed E-state index contributed by atoms with van der Waals surface area (Å²) in [5, 5.41) is 10.1. The van der Waals surface area contributed by atoms with E-state index in [4.69, 9.17) is 14.2 Å². The summed E-state index contributed by atoms with van der Waals surface area (Å²) in [6.07, 6.45) is 0.515. The largest absolute Gasteiger partial charge is 0.507 e. The van der Waals surface area contributed by atoms with Crippen LogP contribution < -0.4 is 14.2 Å². The fourth-order valence-corrected chi connectivity index (χ4v) is 2.79. The topological polar surface area (TPSA) is 65.0 Å². The lowest BCUT2D eigenvalue weighted by atomic mass is 9.84. The highest BCUT2D eigenvalue weighted by atomic mass is 16.5. The van der Waals surface area contributed by atoms with Crippen molar-refractivity contribution in [3.05, 3.63) is 46.5 Å². The van der Waals surface area contributed by atoms with Crippen LogP contribution >= 0.6 is 0 Å². The van der Waals surface area contributed by atoms with E-state index < -0.39 is 0 Å². The van der Waals surface area contributed by atoms with Gasteiger partial charge in [0.05, 0.1) is 26.9 Å². The first-order valence-corrected chi connectivity index (χ1v) is 6.78. The molecular formula is C17H16O5. The van der Waals surface area contributed by atoms with Gasteiger partial charge in [0, 0.05) is 11.6 Å². The third kappa shape index (κ3) is 2.06. The Labute approximate surface area is 128 Å². The molecule has 0 saturated heterocycles. The molecule has 22 heavy (non-hydrogen) atoms. The third-order valence-electron chi connectivity index (χ3n) is 3.87. The van der Waals surface area contributed by atoms with Gasteiger partial charge >= 0.3 is 0 Å². The summed E-state index contributed by atoms with van der Waals surface area (Å²) in [6.45, 7) is 0. The van der Waals surface area contributed by atoms with Gasteiger partial charge in [-0.3, -0.25) is 4.79 Å². The van der Waals surface area contributed by atoms with Crippen molar-refractivity contribution in [2.45, 2.75) is 6.42 Å². The molecule has 3 rings (SSSR count). The summed E-state index contributed by atoms with van der Waals surface area (Å²) in [5.74, 6) is 1.29. The fourth-order valence-electron chi connectivity index (χ4n) is 2.79. The van der Waals surface area contributed by atoms with Gasteiger partial charge in [0.2, 0.25) is 0 Å². The number of fused-ring (bicyclic) bond motifs is 2. The predicted octanol–water partition coefficient (Wildman–Crippen LogP) is 2.55. The average Bonchev–Trinajstić information content (AvgIpc) is 2.53. The summed E-state index contributed by atoms with van der Waals surface area (Å²) in [7, 11) is 4.60. The minimum absolute atomic E-state index is 0.0696. The Morgan fingerprint density at radius 3 is 2.23 bits per heavy atom. The molecule has 0 aromatic heterocycles. The number of phenolic OH excluding ortho intramolecular Hbond substituents is 1. The third-order valence-corrected chi connectivity index (χ3v) is 3.87. The Hall–Kier alpha value is -2.69. The number of hydrogen-bond acceptors (Lipinski definition) is 5. The van der Waals surface area contributed by atoms with Gasteiger partial charge in [0.1, 0.15) is 11.5 Å². The van der Waals surface area contributed by atoms with E-state index >= 15 is 0 Å². The molecule has 1 aliphatic carbocycles. The lowest BCUT2D eigenvalue weighted by Crippen LogP contribution is -2.16. The molecule has 114 valence electrons. The monoisotopic (exact) mass is 300 g/mol. The van der Waals surface area contributed by atoms with Crippen molar-refractivity contribution in [1.82, 2.24) is 0 Å². The summed E-state index contributed by atoms with van der Waals surface area (Å²) in [6, 6.07) is 6.67. The number of carbonyl (C=O) groups excluding carboxylic acids is 1. The van der Waals surface area contributed by atoms with Crippen LogP contribution in [0, 0.1) is 0 Å². The number of phenols is 1. The Bertz CT molecular complexity index is 764. The Balaban J connectivity index is 2.18. The van der Waals surface area contributed by atoms with Crippen molar-refractivity contribution >= 4 is 5.78 Å². The lowest BCUT2D eigenvalue weighted by molar-refractivity contribution is 0.103. The van der Waals surface area contributed by atoms with Crippen LogP contribution in [-0.4, -0.2) is 32.2 Å². The molecular weight excluding hydrogens is 284 g/mol. The number of benzene rings is 2. The van der Waals surface area contributed by atoms with Crippen LogP contribution in [0.2, 0.25) is 0 Å². The molecule has 0 spiro atoms. The number of carbonyl (C=O) groups is 1. The second kappa shape index (κ2) is 5.26. The molecule has 2 aromatic rings. The molecule has 2 aromatic carbocycles. The van der Waals surface area contributed by atoms with Crippen molar-refractivity contribution in [3.8, 4) is 23.0 Å². The molecule has 0 aliphatic heterocycles. The average molecular weight is 300 g/mol. The van der Waals surface area contributed by atoms with Gasteiger partial charge < -0.3 is 19.3 Å². The highest BCUT2D eigenvalue weighted by Crippen LogP contribution is 2.39. The number of aromatic hydroxyl groups is 1. The highest BCUT2D eigenvalue weighted by molar-refractivity contribution is 6.14. The Morgan fingerprint density at radius 1 is 0.909 bits per heavy atom. The second-order valence-electron chi connectivity index (χ2n) is 5.05. The van der Waals surface area contributed by atoms with Crippen molar-refractivity contribution in [1.29, 1.82) is 0 Å². The lowest BCUT2D eigenvalue weighted by Gasteiger charge is -2.22. The minimum Gasteiger partial charge on any atom is -0.507 e. The number of ketones is 1. The van der Waals surface area contributed by atoms with Crippen LogP contribution in [0.15, 0.2) is 24.3 Å². The molecule has 1 N–H and O–H groups in total. The molecule has 0 bridgehead atoms. The smallest absolute Gasteiger partial charge is 0.197 e. The normalized spacial score (nSPS) is 12.4. The van der Waals surface area contributed by atoms with Gasteiger partial charge in [0.25, 0.3) is 0 Å². The van der Waals surface area contributed by atoms with E-state index in [0.29, 0.717) is 34.8 Å². The van der Waals surface area contributed by atoms with Crippen molar-refractivity contribution in [2.75, 3.05) is 21.3 Å². The summed E-state index contributed by atoms with van der Waals surface area (Å²) >= 11 is 0. The highest BCUT2D eigenvalue weighted by Gasteiger charge is 2.28. The molecule has 0 saturated carbocycles. The fraction of sp³-hybridized carbons (Fsp3) is 0.235. The molecule has 0 radical (unpaired) electrons.